The summed E-state index contributed by atoms with van der Waals surface area (Å²) >= 11 is 0. The van der Waals surface area contributed by atoms with Gasteiger partial charge in [-0.15, -0.1) is 0 Å². The van der Waals surface area contributed by atoms with E-state index in [0.29, 0.717) is 5.69 Å². The number of hydrogen-bond acceptors (Lipinski definition) is 1. The van der Waals surface area contributed by atoms with Gasteiger partial charge in [-0.3, -0.25) is 0 Å². The summed E-state index contributed by atoms with van der Waals surface area (Å²) < 4.78 is 39.5. The zero-order valence-electron chi connectivity index (χ0n) is 9.57. The number of aromatic nitrogens is 1. The fraction of sp³-hybridized carbons (Fsp3) is 0.333. The molecule has 5 heteroatoms. The standard InChI is InChI=1S/C12H13F3N2/c1-3-16-6(2)9-4-7-10(17-9)5-8(13)12(15)11(7)14/h4-6,16-17H,3H2,1-2H3. The molecule has 1 aromatic heterocycles. The van der Waals surface area contributed by atoms with Crippen molar-refractivity contribution in [3.8, 4) is 0 Å². The second-order valence-electron chi connectivity index (χ2n) is 3.95. The van der Waals surface area contributed by atoms with Crippen molar-refractivity contribution in [2.45, 2.75) is 19.9 Å². The van der Waals surface area contributed by atoms with Crippen LogP contribution in [0.5, 0.6) is 0 Å². The molecule has 1 atom stereocenters. The minimum atomic E-state index is -1.43. The number of fused-ring (bicyclic) bond motifs is 1. The molecule has 1 heterocycles. The van der Waals surface area contributed by atoms with E-state index in [0.717, 1.165) is 12.6 Å². The Morgan fingerprint density at radius 2 is 1.94 bits per heavy atom. The summed E-state index contributed by atoms with van der Waals surface area (Å²) in [6.07, 6.45) is 0. The summed E-state index contributed by atoms with van der Waals surface area (Å²) in [4.78, 5) is 2.88. The molecule has 0 spiro atoms. The summed E-state index contributed by atoms with van der Waals surface area (Å²) in [6.45, 7) is 4.58. The lowest BCUT2D eigenvalue weighted by atomic mass is 10.2. The van der Waals surface area contributed by atoms with E-state index in [4.69, 9.17) is 0 Å². The first-order valence-corrected chi connectivity index (χ1v) is 5.44. The molecule has 0 bridgehead atoms. The summed E-state index contributed by atoms with van der Waals surface area (Å²) in [5, 5.41) is 3.20. The lowest BCUT2D eigenvalue weighted by molar-refractivity contribution is 0.453. The third-order valence-corrected chi connectivity index (χ3v) is 2.76. The average molecular weight is 242 g/mol. The first kappa shape index (κ1) is 12.0. The Hall–Kier alpha value is -1.49. The first-order valence-electron chi connectivity index (χ1n) is 5.44. The van der Waals surface area contributed by atoms with Crippen LogP contribution < -0.4 is 5.32 Å². The number of aromatic amines is 1. The van der Waals surface area contributed by atoms with Crippen LogP contribution in [0.2, 0.25) is 0 Å². The fourth-order valence-electron chi connectivity index (χ4n) is 1.85. The van der Waals surface area contributed by atoms with Crippen LogP contribution in [0.4, 0.5) is 13.2 Å². The van der Waals surface area contributed by atoms with Gasteiger partial charge in [0.25, 0.3) is 0 Å². The van der Waals surface area contributed by atoms with Gasteiger partial charge < -0.3 is 10.3 Å². The molecule has 2 rings (SSSR count). The van der Waals surface area contributed by atoms with E-state index in [1.807, 2.05) is 13.8 Å². The smallest absolute Gasteiger partial charge is 0.195 e. The Labute approximate surface area is 96.8 Å². The summed E-state index contributed by atoms with van der Waals surface area (Å²) in [5.74, 6) is -3.76. The van der Waals surface area contributed by atoms with Crippen LogP contribution in [0.1, 0.15) is 25.6 Å². The second kappa shape index (κ2) is 4.41. The molecule has 1 unspecified atom stereocenters. The number of rotatable bonds is 3. The molecule has 2 N–H and O–H groups in total. The van der Waals surface area contributed by atoms with E-state index >= 15 is 0 Å². The van der Waals surface area contributed by atoms with Gasteiger partial charge in [0.15, 0.2) is 17.5 Å². The van der Waals surface area contributed by atoms with Gasteiger partial charge in [-0.1, -0.05) is 6.92 Å². The maximum atomic E-state index is 13.5. The van der Waals surface area contributed by atoms with E-state index in [9.17, 15) is 13.2 Å². The van der Waals surface area contributed by atoms with E-state index < -0.39 is 17.5 Å². The molecule has 2 nitrogen and oxygen atoms in total. The molecular weight excluding hydrogens is 229 g/mol. The highest BCUT2D eigenvalue weighted by molar-refractivity contribution is 5.81. The molecule has 0 aliphatic heterocycles. The van der Waals surface area contributed by atoms with Crippen LogP contribution in [-0.4, -0.2) is 11.5 Å². The van der Waals surface area contributed by atoms with Gasteiger partial charge in [0.2, 0.25) is 0 Å². The third-order valence-electron chi connectivity index (χ3n) is 2.76. The highest BCUT2D eigenvalue weighted by atomic mass is 19.2. The average Bonchev–Trinajstić information content (AvgIpc) is 2.70. The van der Waals surface area contributed by atoms with E-state index in [-0.39, 0.29) is 16.9 Å². The molecule has 1 aromatic carbocycles. The molecule has 0 aliphatic rings. The van der Waals surface area contributed by atoms with Crippen LogP contribution in [0.25, 0.3) is 10.9 Å². The molecule has 92 valence electrons. The van der Waals surface area contributed by atoms with Crippen molar-refractivity contribution in [3.05, 3.63) is 35.3 Å². The summed E-state index contributed by atoms with van der Waals surface area (Å²) in [7, 11) is 0. The number of nitrogens with one attached hydrogen (secondary N) is 2. The third kappa shape index (κ3) is 2.02. The SMILES string of the molecule is CCNC(C)c1cc2c(F)c(F)c(F)cc2[nH]1. The number of hydrogen-bond donors (Lipinski definition) is 2. The lowest BCUT2D eigenvalue weighted by Crippen LogP contribution is -2.17. The van der Waals surface area contributed by atoms with Crippen molar-refractivity contribution in [1.82, 2.24) is 10.3 Å². The highest BCUT2D eigenvalue weighted by Gasteiger charge is 2.17. The zero-order chi connectivity index (χ0) is 12.6. The predicted molar refractivity (Wildman–Crippen MR) is 60.3 cm³/mol. The van der Waals surface area contributed by atoms with Crippen molar-refractivity contribution in [2.75, 3.05) is 6.54 Å². The van der Waals surface area contributed by atoms with Crippen molar-refractivity contribution >= 4 is 10.9 Å². The Balaban J connectivity index is 2.54. The van der Waals surface area contributed by atoms with Gasteiger partial charge >= 0.3 is 0 Å². The minimum absolute atomic E-state index is 0.0297. The maximum absolute atomic E-state index is 13.5. The number of halogens is 3. The van der Waals surface area contributed by atoms with Gasteiger partial charge in [0.1, 0.15) is 0 Å². The Morgan fingerprint density at radius 1 is 1.24 bits per heavy atom. The van der Waals surface area contributed by atoms with Crippen molar-refractivity contribution in [1.29, 1.82) is 0 Å². The van der Waals surface area contributed by atoms with Crippen LogP contribution >= 0.6 is 0 Å². The molecule has 0 aliphatic carbocycles. The van der Waals surface area contributed by atoms with Crippen molar-refractivity contribution < 1.29 is 13.2 Å². The van der Waals surface area contributed by atoms with Crippen LogP contribution in [0.3, 0.4) is 0 Å². The summed E-state index contributed by atoms with van der Waals surface area (Å²) in [6, 6.07) is 2.44. The molecule has 0 radical (unpaired) electrons. The van der Waals surface area contributed by atoms with Crippen LogP contribution in [0, 0.1) is 17.5 Å². The first-order chi connectivity index (χ1) is 8.04. The molecule has 0 amide bonds. The van der Waals surface area contributed by atoms with Crippen molar-refractivity contribution in [3.63, 3.8) is 0 Å². The molecule has 0 saturated carbocycles. The normalized spacial score (nSPS) is 13.2. The van der Waals surface area contributed by atoms with Gasteiger partial charge in [-0.05, 0) is 19.5 Å². The Bertz CT molecular complexity index is 548. The maximum Gasteiger partial charge on any atom is 0.195 e. The molecule has 2 aromatic rings. The molecule has 17 heavy (non-hydrogen) atoms. The predicted octanol–water partition coefficient (Wildman–Crippen LogP) is 3.26. The highest BCUT2D eigenvalue weighted by Crippen LogP contribution is 2.25. The zero-order valence-corrected chi connectivity index (χ0v) is 9.57. The van der Waals surface area contributed by atoms with E-state index in [1.165, 1.54) is 6.07 Å². The quantitative estimate of drug-likeness (QED) is 0.794. The summed E-state index contributed by atoms with van der Waals surface area (Å²) in [5.41, 5.74) is 0.965. The lowest BCUT2D eigenvalue weighted by Gasteiger charge is -2.09. The van der Waals surface area contributed by atoms with Gasteiger partial charge in [-0.25, -0.2) is 13.2 Å². The monoisotopic (exact) mass is 242 g/mol. The number of benzene rings is 1. The minimum Gasteiger partial charge on any atom is -0.357 e. The molecular formula is C12H13F3N2. The molecule has 0 saturated heterocycles. The second-order valence-corrected chi connectivity index (χ2v) is 3.95. The topological polar surface area (TPSA) is 27.8 Å². The largest absolute Gasteiger partial charge is 0.357 e. The van der Waals surface area contributed by atoms with E-state index in [2.05, 4.69) is 10.3 Å². The number of H-pyrrole nitrogens is 1. The van der Waals surface area contributed by atoms with E-state index in [1.54, 1.807) is 0 Å². The van der Waals surface area contributed by atoms with Crippen molar-refractivity contribution in [2.24, 2.45) is 0 Å². The van der Waals surface area contributed by atoms with Crippen LogP contribution in [0.15, 0.2) is 12.1 Å². The molecule has 0 fully saturated rings. The van der Waals surface area contributed by atoms with Crippen LogP contribution in [-0.2, 0) is 0 Å². The van der Waals surface area contributed by atoms with Gasteiger partial charge in [0, 0.05) is 23.2 Å². The Kier molecular flexibility index (Phi) is 3.11. The fourth-order valence-corrected chi connectivity index (χ4v) is 1.85. The van der Waals surface area contributed by atoms with Gasteiger partial charge in [0.05, 0.1) is 5.52 Å². The Morgan fingerprint density at radius 3 is 2.59 bits per heavy atom. The van der Waals surface area contributed by atoms with Gasteiger partial charge in [-0.2, -0.15) is 0 Å².